The number of alkyl halides is 6. The zero-order chi connectivity index (χ0) is 21.4. The van der Waals surface area contributed by atoms with Gasteiger partial charge in [-0.05, 0) is 34.1 Å². The normalized spacial score (nSPS) is 12.0. The molecule has 0 aromatic heterocycles. The molecule has 0 aliphatic rings. The van der Waals surface area contributed by atoms with Gasteiger partial charge in [0.15, 0.2) is 0 Å². The number of anilines is 2. The number of halogens is 7. The second-order valence-electron chi connectivity index (χ2n) is 5.22. The first kappa shape index (κ1) is 21.4. The van der Waals surface area contributed by atoms with E-state index in [1.807, 2.05) is 5.32 Å². The molecule has 0 amide bonds. The molecule has 28 heavy (non-hydrogen) atoms. The molecular formula is C14H6BrF6N3O4. The van der Waals surface area contributed by atoms with Gasteiger partial charge < -0.3 is 5.32 Å². The quantitative estimate of drug-likeness (QED) is 0.331. The zero-order valence-electron chi connectivity index (χ0n) is 13.1. The van der Waals surface area contributed by atoms with E-state index in [1.165, 1.54) is 0 Å². The van der Waals surface area contributed by atoms with Crippen molar-refractivity contribution >= 4 is 38.7 Å². The Morgan fingerprint density at radius 2 is 1.50 bits per heavy atom. The van der Waals surface area contributed by atoms with Crippen molar-refractivity contribution in [2.45, 2.75) is 12.4 Å². The fraction of sp³-hybridized carbons (Fsp3) is 0.143. The summed E-state index contributed by atoms with van der Waals surface area (Å²) in [6.45, 7) is 0. The molecule has 1 N–H and O–H groups in total. The molecular weight excluding hydrogens is 468 g/mol. The van der Waals surface area contributed by atoms with Crippen molar-refractivity contribution in [2.24, 2.45) is 0 Å². The monoisotopic (exact) mass is 473 g/mol. The molecule has 7 nitrogen and oxygen atoms in total. The molecule has 2 rings (SSSR count). The van der Waals surface area contributed by atoms with Crippen LogP contribution in [-0.4, -0.2) is 9.85 Å². The maximum atomic E-state index is 13.3. The zero-order valence-corrected chi connectivity index (χ0v) is 14.6. The van der Waals surface area contributed by atoms with Gasteiger partial charge in [0.05, 0.1) is 32.7 Å². The molecule has 0 spiro atoms. The highest BCUT2D eigenvalue weighted by molar-refractivity contribution is 9.10. The minimum absolute atomic E-state index is 0.0524. The first-order valence-corrected chi connectivity index (χ1v) is 7.69. The second kappa shape index (κ2) is 7.26. The fourth-order valence-electron chi connectivity index (χ4n) is 2.15. The van der Waals surface area contributed by atoms with Crippen molar-refractivity contribution in [2.75, 3.05) is 5.32 Å². The van der Waals surface area contributed by atoms with Gasteiger partial charge in [-0.15, -0.1) is 0 Å². The molecule has 0 fully saturated rings. The molecule has 2 aromatic carbocycles. The standard InChI is InChI=1S/C14H6BrF6N3O4/c15-9-2-1-6(13(16,17)18)3-10(9)22-12-8(14(19,20)21)4-7(23(25)26)5-11(12)24(27)28/h1-5,22H. The van der Waals surface area contributed by atoms with Crippen LogP contribution in [-0.2, 0) is 12.4 Å². The van der Waals surface area contributed by atoms with Gasteiger partial charge >= 0.3 is 12.4 Å². The Hall–Kier alpha value is -2.90. The smallest absolute Gasteiger partial charge is 0.348 e. The third-order valence-electron chi connectivity index (χ3n) is 3.37. The number of nitrogens with one attached hydrogen (secondary N) is 1. The molecule has 2 aromatic rings. The molecule has 14 heteroatoms. The first-order chi connectivity index (χ1) is 12.7. The summed E-state index contributed by atoms with van der Waals surface area (Å²) in [5.41, 5.74) is -7.33. The first-order valence-electron chi connectivity index (χ1n) is 6.89. The van der Waals surface area contributed by atoms with Crippen molar-refractivity contribution < 1.29 is 36.2 Å². The summed E-state index contributed by atoms with van der Waals surface area (Å²) in [4.78, 5) is 19.4. The number of nitro benzene ring substituents is 2. The van der Waals surface area contributed by atoms with Gasteiger partial charge in [-0.2, -0.15) is 26.3 Å². The predicted octanol–water partition coefficient (Wildman–Crippen LogP) is 6.05. The van der Waals surface area contributed by atoms with Gasteiger partial charge in [0, 0.05) is 10.5 Å². The summed E-state index contributed by atoms with van der Waals surface area (Å²) in [7, 11) is 0. The van der Waals surface area contributed by atoms with Crippen LogP contribution >= 0.6 is 15.9 Å². The summed E-state index contributed by atoms with van der Waals surface area (Å²) < 4.78 is 78.4. The molecule has 0 saturated carbocycles. The molecule has 0 aliphatic heterocycles. The Morgan fingerprint density at radius 3 is 1.96 bits per heavy atom. The van der Waals surface area contributed by atoms with Crippen molar-refractivity contribution in [1.29, 1.82) is 0 Å². The van der Waals surface area contributed by atoms with E-state index in [4.69, 9.17) is 0 Å². The summed E-state index contributed by atoms with van der Waals surface area (Å²) in [6, 6.07) is 2.30. The predicted molar refractivity (Wildman–Crippen MR) is 87.2 cm³/mol. The average Bonchev–Trinajstić information content (AvgIpc) is 2.54. The molecule has 0 unspecified atom stereocenters. The van der Waals surface area contributed by atoms with E-state index in [1.54, 1.807) is 0 Å². The van der Waals surface area contributed by atoms with Gasteiger partial charge in [-0.3, -0.25) is 20.2 Å². The number of hydrogen-bond acceptors (Lipinski definition) is 5. The third-order valence-corrected chi connectivity index (χ3v) is 4.06. The highest BCUT2D eigenvalue weighted by Gasteiger charge is 2.40. The van der Waals surface area contributed by atoms with E-state index in [0.717, 1.165) is 6.07 Å². The lowest BCUT2D eigenvalue weighted by molar-refractivity contribution is -0.394. The Balaban J connectivity index is 2.75. The molecule has 0 saturated heterocycles. The SMILES string of the molecule is O=[N+]([O-])c1cc([N+](=O)[O-])c(Nc2cc(C(F)(F)F)ccc2Br)c(C(F)(F)F)c1. The molecule has 150 valence electrons. The summed E-state index contributed by atoms with van der Waals surface area (Å²) in [6.07, 6.45) is -10.1. The number of rotatable bonds is 4. The summed E-state index contributed by atoms with van der Waals surface area (Å²) in [5, 5.41) is 23.9. The van der Waals surface area contributed by atoms with Crippen LogP contribution in [0.2, 0.25) is 0 Å². The Kier molecular flexibility index (Phi) is 5.55. The lowest BCUT2D eigenvalue weighted by atomic mass is 10.1. The fourth-order valence-corrected chi connectivity index (χ4v) is 2.49. The topological polar surface area (TPSA) is 98.3 Å². The van der Waals surface area contributed by atoms with Gasteiger partial charge in [-0.1, -0.05) is 0 Å². The van der Waals surface area contributed by atoms with Gasteiger partial charge in [0.25, 0.3) is 11.4 Å². The van der Waals surface area contributed by atoms with Crippen molar-refractivity contribution in [3.63, 3.8) is 0 Å². The van der Waals surface area contributed by atoms with E-state index in [2.05, 4.69) is 15.9 Å². The van der Waals surface area contributed by atoms with Gasteiger partial charge in [-0.25, -0.2) is 0 Å². The van der Waals surface area contributed by atoms with E-state index in [-0.39, 0.29) is 16.6 Å². The van der Waals surface area contributed by atoms with Crippen LogP contribution in [0.15, 0.2) is 34.8 Å². The van der Waals surface area contributed by atoms with E-state index < -0.39 is 56.1 Å². The third kappa shape index (κ3) is 4.49. The Bertz CT molecular complexity index is 961. The van der Waals surface area contributed by atoms with Crippen LogP contribution in [0.3, 0.4) is 0 Å². The summed E-state index contributed by atoms with van der Waals surface area (Å²) in [5.74, 6) is 0. The van der Waals surface area contributed by atoms with Crippen LogP contribution in [0.25, 0.3) is 0 Å². The molecule has 0 atom stereocenters. The van der Waals surface area contributed by atoms with Crippen molar-refractivity contribution in [1.82, 2.24) is 0 Å². The van der Waals surface area contributed by atoms with Crippen LogP contribution in [0.1, 0.15) is 11.1 Å². The lowest BCUT2D eigenvalue weighted by Crippen LogP contribution is -2.12. The maximum absolute atomic E-state index is 13.3. The van der Waals surface area contributed by atoms with Crippen molar-refractivity contribution in [3.8, 4) is 0 Å². The number of non-ortho nitro benzene ring substituents is 1. The number of benzene rings is 2. The number of nitrogens with zero attached hydrogens (tertiary/aromatic N) is 2. The minimum atomic E-state index is -5.27. The van der Waals surface area contributed by atoms with Crippen LogP contribution in [0.5, 0.6) is 0 Å². The molecule has 0 aliphatic carbocycles. The lowest BCUT2D eigenvalue weighted by Gasteiger charge is -2.17. The van der Waals surface area contributed by atoms with Crippen LogP contribution < -0.4 is 5.32 Å². The molecule has 0 bridgehead atoms. The Morgan fingerprint density at radius 1 is 0.893 bits per heavy atom. The van der Waals surface area contributed by atoms with E-state index in [0.29, 0.717) is 12.1 Å². The van der Waals surface area contributed by atoms with Crippen LogP contribution in [0.4, 0.5) is 49.1 Å². The number of nitro groups is 2. The highest BCUT2D eigenvalue weighted by atomic mass is 79.9. The van der Waals surface area contributed by atoms with Gasteiger partial charge in [0.2, 0.25) is 0 Å². The second-order valence-corrected chi connectivity index (χ2v) is 6.07. The van der Waals surface area contributed by atoms with E-state index in [9.17, 15) is 46.6 Å². The maximum Gasteiger partial charge on any atom is 0.418 e. The minimum Gasteiger partial charge on any atom is -0.348 e. The Labute approximate surface area is 159 Å². The summed E-state index contributed by atoms with van der Waals surface area (Å²) >= 11 is 2.84. The largest absolute Gasteiger partial charge is 0.418 e. The van der Waals surface area contributed by atoms with Crippen molar-refractivity contribution in [3.05, 3.63) is 66.2 Å². The molecule has 0 heterocycles. The molecule has 0 radical (unpaired) electrons. The number of hydrogen-bond donors (Lipinski definition) is 1. The van der Waals surface area contributed by atoms with E-state index >= 15 is 0 Å². The van der Waals surface area contributed by atoms with Crippen LogP contribution in [0, 0.1) is 20.2 Å². The highest BCUT2D eigenvalue weighted by Crippen LogP contribution is 2.45. The van der Waals surface area contributed by atoms with Gasteiger partial charge in [0.1, 0.15) is 5.69 Å². The average molecular weight is 474 g/mol.